The number of rotatable bonds is 8. The van der Waals surface area contributed by atoms with Crippen molar-refractivity contribution in [2.75, 3.05) is 26.8 Å². The second-order valence-electron chi connectivity index (χ2n) is 5.06. The van der Waals surface area contributed by atoms with Crippen molar-refractivity contribution in [2.45, 2.75) is 0 Å². The first-order chi connectivity index (χ1) is 12.0. The molecule has 0 radical (unpaired) electrons. The molecule has 134 valence electrons. The van der Waals surface area contributed by atoms with E-state index in [1.807, 2.05) is 0 Å². The summed E-state index contributed by atoms with van der Waals surface area (Å²) in [5.74, 6) is -0.469. The molecular weight excluding hydrogens is 331 g/mol. The van der Waals surface area contributed by atoms with Gasteiger partial charge in [0.05, 0.1) is 20.2 Å². The molecule has 0 saturated heterocycles. The summed E-state index contributed by atoms with van der Waals surface area (Å²) in [7, 11) is 3.07. The summed E-state index contributed by atoms with van der Waals surface area (Å²) in [6, 6.07) is 5.57. The number of aromatic nitrogens is 2. The van der Waals surface area contributed by atoms with Gasteiger partial charge in [-0.3, -0.25) is 14.3 Å². The summed E-state index contributed by atoms with van der Waals surface area (Å²) in [6.45, 7) is 0.289. The molecule has 0 aliphatic rings. The van der Waals surface area contributed by atoms with Gasteiger partial charge in [0.2, 0.25) is 11.8 Å². The van der Waals surface area contributed by atoms with Crippen LogP contribution < -0.4 is 20.1 Å². The number of hydrogen-bond acceptors (Lipinski definition) is 5. The van der Waals surface area contributed by atoms with Crippen molar-refractivity contribution in [1.29, 1.82) is 0 Å². The van der Waals surface area contributed by atoms with E-state index in [9.17, 15) is 14.0 Å². The van der Waals surface area contributed by atoms with Gasteiger partial charge in [-0.05, 0) is 24.3 Å². The molecule has 2 amide bonds. The van der Waals surface area contributed by atoms with Gasteiger partial charge in [-0.1, -0.05) is 0 Å². The van der Waals surface area contributed by atoms with Crippen molar-refractivity contribution in [3.8, 4) is 11.6 Å². The highest BCUT2D eigenvalue weighted by Crippen LogP contribution is 2.14. The fraction of sp³-hybridized carbons (Fsp3) is 0.312. The Morgan fingerprint density at radius 1 is 1.24 bits per heavy atom. The molecule has 0 bridgehead atoms. The van der Waals surface area contributed by atoms with Crippen LogP contribution in [0.4, 0.5) is 4.39 Å². The second kappa shape index (κ2) is 8.67. The van der Waals surface area contributed by atoms with Crippen molar-refractivity contribution in [2.24, 2.45) is 7.05 Å². The maximum Gasteiger partial charge on any atom is 0.258 e. The Bertz CT molecular complexity index is 730. The fourth-order valence-electron chi connectivity index (χ4n) is 1.98. The standard InChI is InChI=1S/C16H19FN4O4/c1-21-10-13(16(20-21)24-2)15(23)19-9-14(22)18-7-8-25-12-5-3-11(17)4-6-12/h3-6,10H,7-9H2,1-2H3,(H,18,22)(H,19,23). The molecule has 25 heavy (non-hydrogen) atoms. The number of amides is 2. The summed E-state index contributed by atoms with van der Waals surface area (Å²) in [5, 5.41) is 9.05. The lowest BCUT2D eigenvalue weighted by Crippen LogP contribution is -2.38. The van der Waals surface area contributed by atoms with E-state index in [4.69, 9.17) is 9.47 Å². The zero-order valence-electron chi connectivity index (χ0n) is 13.9. The predicted octanol–water partition coefficient (Wildman–Crippen LogP) is 0.493. The minimum Gasteiger partial charge on any atom is -0.492 e. The molecule has 1 heterocycles. The zero-order valence-corrected chi connectivity index (χ0v) is 13.9. The van der Waals surface area contributed by atoms with E-state index in [-0.39, 0.29) is 42.9 Å². The first-order valence-electron chi connectivity index (χ1n) is 7.50. The van der Waals surface area contributed by atoms with Crippen LogP contribution in [0.15, 0.2) is 30.5 Å². The number of methoxy groups -OCH3 is 1. The van der Waals surface area contributed by atoms with Crippen LogP contribution in [0.3, 0.4) is 0 Å². The second-order valence-corrected chi connectivity index (χ2v) is 5.06. The largest absolute Gasteiger partial charge is 0.492 e. The van der Waals surface area contributed by atoms with Crippen LogP contribution in [0.5, 0.6) is 11.6 Å². The van der Waals surface area contributed by atoms with Gasteiger partial charge in [0, 0.05) is 13.2 Å². The monoisotopic (exact) mass is 350 g/mol. The minimum atomic E-state index is -0.456. The highest BCUT2D eigenvalue weighted by molar-refractivity contribution is 5.98. The van der Waals surface area contributed by atoms with Crippen molar-refractivity contribution >= 4 is 11.8 Å². The predicted molar refractivity (Wildman–Crippen MR) is 87.0 cm³/mol. The van der Waals surface area contributed by atoms with Crippen molar-refractivity contribution in [3.63, 3.8) is 0 Å². The SMILES string of the molecule is COc1nn(C)cc1C(=O)NCC(=O)NCCOc1ccc(F)cc1. The van der Waals surface area contributed by atoms with Crippen molar-refractivity contribution < 1.29 is 23.5 Å². The summed E-state index contributed by atoms with van der Waals surface area (Å²) in [6.07, 6.45) is 1.50. The van der Waals surface area contributed by atoms with Gasteiger partial charge in [0.1, 0.15) is 23.7 Å². The lowest BCUT2D eigenvalue weighted by molar-refractivity contribution is -0.120. The molecule has 0 aliphatic heterocycles. The molecule has 8 nitrogen and oxygen atoms in total. The number of benzene rings is 1. The zero-order chi connectivity index (χ0) is 18.2. The molecule has 2 aromatic rings. The van der Waals surface area contributed by atoms with Crippen LogP contribution in [-0.4, -0.2) is 48.4 Å². The van der Waals surface area contributed by atoms with Crippen LogP contribution in [0.1, 0.15) is 10.4 Å². The summed E-state index contributed by atoms with van der Waals surface area (Å²) < 4.78 is 24.5. The average Bonchev–Trinajstić information content (AvgIpc) is 2.99. The Morgan fingerprint density at radius 3 is 2.64 bits per heavy atom. The Kier molecular flexibility index (Phi) is 6.33. The molecule has 0 spiro atoms. The van der Waals surface area contributed by atoms with Gasteiger partial charge in [-0.25, -0.2) is 4.39 Å². The Hall–Kier alpha value is -3.10. The third-order valence-electron chi connectivity index (χ3n) is 3.15. The summed E-state index contributed by atoms with van der Waals surface area (Å²) in [5.41, 5.74) is 0.248. The van der Waals surface area contributed by atoms with E-state index in [0.717, 1.165) is 0 Å². The molecule has 1 aromatic heterocycles. The van der Waals surface area contributed by atoms with Gasteiger partial charge in [-0.2, -0.15) is 0 Å². The first-order valence-corrected chi connectivity index (χ1v) is 7.50. The van der Waals surface area contributed by atoms with Crippen LogP contribution in [0.25, 0.3) is 0 Å². The van der Waals surface area contributed by atoms with E-state index < -0.39 is 5.91 Å². The molecule has 0 atom stereocenters. The van der Waals surface area contributed by atoms with Crippen LogP contribution in [-0.2, 0) is 11.8 Å². The summed E-state index contributed by atoms with van der Waals surface area (Å²) in [4.78, 5) is 23.7. The van der Waals surface area contributed by atoms with Gasteiger partial charge in [-0.15, -0.1) is 5.10 Å². The highest BCUT2D eigenvalue weighted by Gasteiger charge is 2.16. The van der Waals surface area contributed by atoms with Crippen LogP contribution >= 0.6 is 0 Å². The molecule has 2 N–H and O–H groups in total. The molecule has 2 rings (SSSR count). The number of ether oxygens (including phenoxy) is 2. The first kappa shape index (κ1) is 18.2. The topological polar surface area (TPSA) is 94.5 Å². The molecule has 9 heteroatoms. The number of halogens is 1. The number of nitrogens with zero attached hydrogens (tertiary/aromatic N) is 2. The van der Waals surface area contributed by atoms with Gasteiger partial charge in [0.25, 0.3) is 5.91 Å². The van der Waals surface area contributed by atoms with E-state index >= 15 is 0 Å². The Morgan fingerprint density at radius 2 is 1.96 bits per heavy atom. The number of aryl methyl sites for hydroxylation is 1. The third kappa shape index (κ3) is 5.48. The quantitative estimate of drug-likeness (QED) is 0.676. The number of carbonyl (C=O) groups excluding carboxylic acids is 2. The maximum absolute atomic E-state index is 12.7. The smallest absolute Gasteiger partial charge is 0.258 e. The molecular formula is C16H19FN4O4. The number of hydrogen-bond donors (Lipinski definition) is 2. The van der Waals surface area contributed by atoms with Crippen LogP contribution in [0, 0.1) is 5.82 Å². The fourth-order valence-corrected chi connectivity index (χ4v) is 1.98. The average molecular weight is 350 g/mol. The van der Waals surface area contributed by atoms with E-state index in [1.165, 1.54) is 42.3 Å². The van der Waals surface area contributed by atoms with Crippen molar-refractivity contribution in [3.05, 3.63) is 41.8 Å². The molecule has 0 saturated carbocycles. The van der Waals surface area contributed by atoms with E-state index in [2.05, 4.69) is 15.7 Å². The Labute approximate surface area is 143 Å². The lowest BCUT2D eigenvalue weighted by atomic mass is 10.3. The third-order valence-corrected chi connectivity index (χ3v) is 3.15. The van der Waals surface area contributed by atoms with E-state index in [1.54, 1.807) is 7.05 Å². The van der Waals surface area contributed by atoms with Crippen molar-refractivity contribution in [1.82, 2.24) is 20.4 Å². The molecule has 0 fully saturated rings. The van der Waals surface area contributed by atoms with Gasteiger partial charge in [0.15, 0.2) is 0 Å². The normalized spacial score (nSPS) is 10.2. The molecule has 0 unspecified atom stereocenters. The van der Waals surface area contributed by atoms with Crippen LogP contribution in [0.2, 0.25) is 0 Å². The minimum absolute atomic E-state index is 0.187. The maximum atomic E-state index is 12.7. The number of nitrogens with one attached hydrogen (secondary N) is 2. The summed E-state index contributed by atoms with van der Waals surface area (Å²) >= 11 is 0. The van der Waals surface area contributed by atoms with Gasteiger partial charge < -0.3 is 20.1 Å². The van der Waals surface area contributed by atoms with E-state index in [0.29, 0.717) is 5.75 Å². The molecule has 1 aromatic carbocycles. The molecule has 0 aliphatic carbocycles. The Balaban J connectivity index is 1.68. The highest BCUT2D eigenvalue weighted by atomic mass is 19.1. The number of carbonyl (C=O) groups is 2. The lowest BCUT2D eigenvalue weighted by Gasteiger charge is -2.08. The van der Waals surface area contributed by atoms with Gasteiger partial charge >= 0.3 is 0 Å².